The number of likely N-dealkylation sites (tertiary alicyclic amines) is 2. The van der Waals surface area contributed by atoms with Crippen LogP contribution in [-0.4, -0.2) is 90.8 Å². The molecule has 2 saturated heterocycles. The first-order chi connectivity index (χ1) is 18.9. The van der Waals surface area contributed by atoms with E-state index in [0.717, 1.165) is 53.7 Å². The Hall–Kier alpha value is -4.03. The maximum atomic E-state index is 13.5. The van der Waals surface area contributed by atoms with E-state index in [0.29, 0.717) is 35.4 Å². The van der Waals surface area contributed by atoms with Crippen molar-refractivity contribution in [3.63, 3.8) is 0 Å². The number of rotatable bonds is 8. The van der Waals surface area contributed by atoms with E-state index in [9.17, 15) is 4.79 Å². The third-order valence-electron chi connectivity index (χ3n) is 7.95. The minimum Gasteiger partial charge on any atom is -0.478 e. The number of nitrogens with one attached hydrogen (secondary N) is 3. The number of carbonyl (C=O) groups excluding carboxylic acids is 1. The maximum absolute atomic E-state index is 13.5. The van der Waals surface area contributed by atoms with Gasteiger partial charge in [0.15, 0.2) is 5.82 Å². The van der Waals surface area contributed by atoms with Gasteiger partial charge in [-0.3, -0.25) is 14.4 Å². The average molecular weight is 531 g/mol. The van der Waals surface area contributed by atoms with Crippen molar-refractivity contribution in [2.24, 2.45) is 7.05 Å². The van der Waals surface area contributed by atoms with E-state index in [4.69, 9.17) is 9.72 Å². The molecule has 0 saturated carbocycles. The number of pyridine rings is 1. The van der Waals surface area contributed by atoms with Crippen molar-refractivity contribution in [2.45, 2.75) is 44.8 Å². The first-order valence-corrected chi connectivity index (χ1v) is 13.3. The monoisotopic (exact) mass is 530 g/mol. The largest absolute Gasteiger partial charge is 0.478 e. The number of anilines is 3. The van der Waals surface area contributed by atoms with Gasteiger partial charge in [-0.15, -0.1) is 5.10 Å². The molecule has 204 valence electrons. The maximum Gasteiger partial charge on any atom is 0.256 e. The average Bonchev–Trinajstić information content (AvgIpc) is 3.69. The van der Waals surface area contributed by atoms with Gasteiger partial charge >= 0.3 is 0 Å². The van der Waals surface area contributed by atoms with Crippen molar-refractivity contribution in [1.29, 1.82) is 0 Å². The number of aromatic amines is 1. The van der Waals surface area contributed by atoms with Gasteiger partial charge in [-0.25, -0.2) is 15.0 Å². The van der Waals surface area contributed by atoms with Crippen molar-refractivity contribution in [3.05, 3.63) is 36.4 Å². The molecule has 2 bridgehead atoms. The highest BCUT2D eigenvalue weighted by Crippen LogP contribution is 2.35. The van der Waals surface area contributed by atoms with E-state index in [1.165, 1.54) is 0 Å². The summed E-state index contributed by atoms with van der Waals surface area (Å²) in [4.78, 5) is 35.3. The summed E-state index contributed by atoms with van der Waals surface area (Å²) in [5.41, 5.74) is 4.03. The zero-order valence-electron chi connectivity index (χ0n) is 22.9. The number of ether oxygens (including phenoxy) is 1. The summed E-state index contributed by atoms with van der Waals surface area (Å²) in [6.07, 6.45) is 9.10. The molecule has 0 spiro atoms. The number of methoxy groups -OCH3 is 1. The summed E-state index contributed by atoms with van der Waals surface area (Å²) < 4.78 is 7.00. The van der Waals surface area contributed by atoms with Gasteiger partial charge in [0, 0.05) is 61.8 Å². The molecule has 39 heavy (non-hydrogen) atoms. The highest BCUT2D eigenvalue weighted by atomic mass is 16.5. The van der Waals surface area contributed by atoms with Crippen LogP contribution < -0.4 is 15.4 Å². The van der Waals surface area contributed by atoms with Gasteiger partial charge in [0.1, 0.15) is 5.69 Å². The van der Waals surface area contributed by atoms with Crippen LogP contribution >= 0.6 is 0 Å². The Morgan fingerprint density at radius 1 is 1.26 bits per heavy atom. The van der Waals surface area contributed by atoms with E-state index < -0.39 is 0 Å². The van der Waals surface area contributed by atoms with Crippen molar-refractivity contribution in [3.8, 4) is 17.1 Å². The van der Waals surface area contributed by atoms with Crippen LogP contribution in [0.3, 0.4) is 0 Å². The summed E-state index contributed by atoms with van der Waals surface area (Å²) in [5, 5.41) is 11.5. The van der Waals surface area contributed by atoms with E-state index in [-0.39, 0.29) is 11.9 Å². The molecule has 0 aliphatic carbocycles. The predicted molar refractivity (Wildman–Crippen MR) is 149 cm³/mol. The fourth-order valence-electron chi connectivity index (χ4n) is 5.99. The zero-order valence-corrected chi connectivity index (χ0v) is 22.9. The highest BCUT2D eigenvalue weighted by Gasteiger charge is 2.45. The number of carbonyl (C=O) groups is 1. The molecule has 3 unspecified atom stereocenters. The summed E-state index contributed by atoms with van der Waals surface area (Å²) in [7, 11) is 5.56. The lowest BCUT2D eigenvalue weighted by Crippen LogP contribution is -2.52. The molecule has 12 nitrogen and oxygen atoms in total. The van der Waals surface area contributed by atoms with Crippen LogP contribution in [0.4, 0.5) is 17.5 Å². The SMILES string of the molecule is CCC(C(=O)Nc1nccc2c(-c3nc(Nc4cn(C)nc4OC)ncc3C)c[nH]c12)N1CC2CC1CN2C. The number of likely N-dealkylation sites (N-methyl/N-ethyl adjacent to an activating group) is 1. The number of fused-ring (bicyclic) bond motifs is 3. The number of aromatic nitrogens is 6. The number of H-pyrrole nitrogens is 1. The molecule has 0 radical (unpaired) electrons. The molecule has 4 aromatic rings. The third-order valence-corrected chi connectivity index (χ3v) is 7.95. The van der Waals surface area contributed by atoms with E-state index in [1.807, 2.05) is 32.4 Å². The number of nitrogens with zero attached hydrogens (tertiary/aromatic N) is 7. The van der Waals surface area contributed by atoms with E-state index in [1.54, 1.807) is 24.2 Å². The lowest BCUT2D eigenvalue weighted by Gasteiger charge is -2.36. The molecule has 3 atom stereocenters. The quantitative estimate of drug-likeness (QED) is 0.315. The van der Waals surface area contributed by atoms with Gasteiger partial charge in [-0.1, -0.05) is 6.92 Å². The van der Waals surface area contributed by atoms with Gasteiger partial charge in [-0.05, 0) is 38.4 Å². The third kappa shape index (κ3) is 4.49. The molecule has 4 aromatic heterocycles. The van der Waals surface area contributed by atoms with Crippen molar-refractivity contribution in [2.75, 3.05) is 37.9 Å². The first-order valence-electron chi connectivity index (χ1n) is 13.3. The van der Waals surface area contributed by atoms with Crippen LogP contribution in [-0.2, 0) is 11.8 Å². The Morgan fingerprint density at radius 3 is 2.82 bits per heavy atom. The molecule has 6 rings (SSSR count). The van der Waals surface area contributed by atoms with Gasteiger partial charge in [0.05, 0.1) is 30.6 Å². The minimum absolute atomic E-state index is 0.0148. The number of hydrogen-bond acceptors (Lipinski definition) is 9. The van der Waals surface area contributed by atoms with Gasteiger partial charge in [0.2, 0.25) is 11.9 Å². The molecule has 1 amide bonds. The van der Waals surface area contributed by atoms with Crippen LogP contribution in [0.15, 0.2) is 30.9 Å². The number of aryl methyl sites for hydroxylation is 2. The molecular weight excluding hydrogens is 496 g/mol. The zero-order chi connectivity index (χ0) is 27.3. The summed E-state index contributed by atoms with van der Waals surface area (Å²) in [6.45, 7) is 6.00. The van der Waals surface area contributed by atoms with Crippen molar-refractivity contribution < 1.29 is 9.53 Å². The standard InChI is InChI=1S/C27H34N10O2/c1-6-21(37-13-16-9-17(37)12-35(16)3)25(38)33-24-23-18(7-8-28-24)19(11-29-23)22-15(2)10-30-27(32-22)31-20-14-36(4)34-26(20)39-5/h7-8,10-11,14,16-17,21,29H,6,9,12-13H2,1-5H3,(H,28,33,38)(H,30,31,32). The fourth-order valence-corrected chi connectivity index (χ4v) is 5.99. The van der Waals surface area contributed by atoms with Crippen LogP contribution in [0, 0.1) is 6.92 Å². The van der Waals surface area contributed by atoms with Crippen LogP contribution in [0.25, 0.3) is 22.2 Å². The van der Waals surface area contributed by atoms with Crippen LogP contribution in [0.2, 0.25) is 0 Å². The first kappa shape index (κ1) is 25.3. The van der Waals surface area contributed by atoms with Gasteiger partial charge < -0.3 is 25.3 Å². The number of piperazine rings is 1. The van der Waals surface area contributed by atoms with Crippen molar-refractivity contribution >= 4 is 34.3 Å². The van der Waals surface area contributed by atoms with E-state index in [2.05, 4.69) is 54.5 Å². The molecule has 2 aliphatic heterocycles. The minimum atomic E-state index is -0.178. The Kier molecular flexibility index (Phi) is 6.43. The smallest absolute Gasteiger partial charge is 0.256 e. The molecule has 2 fully saturated rings. The Labute approximate surface area is 226 Å². The van der Waals surface area contributed by atoms with Gasteiger partial charge in [-0.2, -0.15) is 0 Å². The number of amides is 1. The fraction of sp³-hybridized carbons (Fsp3) is 0.444. The summed E-state index contributed by atoms with van der Waals surface area (Å²) in [5.74, 6) is 1.39. The number of hydrogen-bond donors (Lipinski definition) is 3. The molecule has 3 N–H and O–H groups in total. The molecule has 0 aromatic carbocycles. The summed E-state index contributed by atoms with van der Waals surface area (Å²) >= 11 is 0. The second kappa shape index (κ2) is 9.93. The second-order valence-corrected chi connectivity index (χ2v) is 10.5. The highest BCUT2D eigenvalue weighted by molar-refractivity contribution is 6.05. The predicted octanol–water partition coefficient (Wildman–Crippen LogP) is 2.92. The molecular formula is C27H34N10O2. The van der Waals surface area contributed by atoms with Crippen molar-refractivity contribution in [1.82, 2.24) is 39.5 Å². The Bertz CT molecular complexity index is 1530. The van der Waals surface area contributed by atoms with Crippen LogP contribution in [0.1, 0.15) is 25.3 Å². The molecule has 6 heterocycles. The van der Waals surface area contributed by atoms with Gasteiger partial charge in [0.25, 0.3) is 5.88 Å². The topological polar surface area (TPSA) is 129 Å². The van der Waals surface area contributed by atoms with Crippen LogP contribution in [0.5, 0.6) is 5.88 Å². The lowest BCUT2D eigenvalue weighted by molar-refractivity contribution is -0.122. The second-order valence-electron chi connectivity index (χ2n) is 10.5. The molecule has 12 heteroatoms. The Balaban J connectivity index is 1.27. The normalized spacial score (nSPS) is 20.0. The van der Waals surface area contributed by atoms with E-state index >= 15 is 0 Å². The summed E-state index contributed by atoms with van der Waals surface area (Å²) in [6, 6.07) is 2.73. The Morgan fingerprint density at radius 2 is 2.10 bits per heavy atom. The molecule has 2 aliphatic rings. The lowest BCUT2D eigenvalue weighted by atomic mass is 10.1.